The number of carbonyl (C=O) groups is 1. The number of amides is 1. The number of likely N-dealkylation sites (N-methyl/N-ethyl adjacent to an activating group) is 1. The van der Waals surface area contributed by atoms with E-state index in [2.05, 4.69) is 10.1 Å². The lowest BCUT2D eigenvalue weighted by atomic mass is 9.90. The second-order valence-corrected chi connectivity index (χ2v) is 9.60. The topological polar surface area (TPSA) is 158 Å². The molecule has 0 aliphatic rings. The van der Waals surface area contributed by atoms with Crippen molar-refractivity contribution in [1.82, 2.24) is 19.7 Å². The van der Waals surface area contributed by atoms with Gasteiger partial charge < -0.3 is 29.6 Å². The Morgan fingerprint density at radius 2 is 1.62 bits per heavy atom. The van der Waals surface area contributed by atoms with Gasteiger partial charge in [-0.2, -0.15) is 4.68 Å². The van der Waals surface area contributed by atoms with Gasteiger partial charge in [-0.3, -0.25) is 15.2 Å². The molecule has 1 aromatic heterocycles. The number of ether oxygens (including phenoxy) is 4. The van der Waals surface area contributed by atoms with E-state index in [-0.39, 0.29) is 24.1 Å². The van der Waals surface area contributed by atoms with Gasteiger partial charge in [0.05, 0.1) is 21.3 Å². The first-order chi connectivity index (χ1) is 20.2. The monoisotopic (exact) mass is 574 g/mol. The van der Waals surface area contributed by atoms with Gasteiger partial charge in [0, 0.05) is 25.6 Å². The maximum absolute atomic E-state index is 13.2. The molecule has 0 saturated carbocycles. The number of aromatic nitrogens is 3. The van der Waals surface area contributed by atoms with Gasteiger partial charge in [-0.15, -0.1) is 5.10 Å². The van der Waals surface area contributed by atoms with Crippen molar-refractivity contribution in [3.8, 4) is 28.7 Å². The molecule has 1 unspecified atom stereocenters. The summed E-state index contributed by atoms with van der Waals surface area (Å²) in [6.07, 6.45) is 0.419. The molecule has 0 saturated heterocycles. The highest BCUT2D eigenvalue weighted by Crippen LogP contribution is 2.42. The molecular formula is C30H34N6O6. The second-order valence-electron chi connectivity index (χ2n) is 9.60. The molecule has 0 spiro atoms. The molecule has 0 fully saturated rings. The van der Waals surface area contributed by atoms with Crippen LogP contribution in [-0.2, 0) is 11.2 Å². The van der Waals surface area contributed by atoms with Crippen molar-refractivity contribution in [2.45, 2.75) is 12.3 Å². The number of nitrogens with one attached hydrogen (secondary N) is 2. The van der Waals surface area contributed by atoms with E-state index in [9.17, 15) is 9.59 Å². The van der Waals surface area contributed by atoms with Gasteiger partial charge in [-0.25, -0.2) is 4.79 Å². The number of aromatic amines is 1. The van der Waals surface area contributed by atoms with Crippen molar-refractivity contribution in [2.24, 2.45) is 5.73 Å². The third-order valence-corrected chi connectivity index (χ3v) is 6.71. The first kappa shape index (κ1) is 29.7. The molecular weight excluding hydrogens is 540 g/mol. The van der Waals surface area contributed by atoms with Crippen LogP contribution >= 0.6 is 0 Å². The van der Waals surface area contributed by atoms with Crippen molar-refractivity contribution >= 4 is 11.7 Å². The van der Waals surface area contributed by atoms with E-state index in [0.717, 1.165) is 5.56 Å². The summed E-state index contributed by atoms with van der Waals surface area (Å²) in [5.41, 5.74) is 7.91. The maximum Gasteiger partial charge on any atom is 0.348 e. The first-order valence-electron chi connectivity index (χ1n) is 13.0. The average Bonchev–Trinajstić information content (AvgIpc) is 3.38. The number of nitrogen functional groups attached to an aromatic ring is 1. The Labute approximate surface area is 243 Å². The van der Waals surface area contributed by atoms with Gasteiger partial charge in [0.15, 0.2) is 18.1 Å². The summed E-state index contributed by atoms with van der Waals surface area (Å²) in [6, 6.07) is 17.9. The molecule has 1 atom stereocenters. The Morgan fingerprint density at radius 1 is 1.00 bits per heavy atom. The van der Waals surface area contributed by atoms with Crippen LogP contribution in [0.3, 0.4) is 0 Å². The van der Waals surface area contributed by atoms with Gasteiger partial charge in [0.1, 0.15) is 23.1 Å². The molecule has 1 heterocycles. The fourth-order valence-electron chi connectivity index (χ4n) is 4.40. The lowest BCUT2D eigenvalue weighted by Gasteiger charge is -2.21. The van der Waals surface area contributed by atoms with Crippen LogP contribution in [0.15, 0.2) is 65.5 Å². The summed E-state index contributed by atoms with van der Waals surface area (Å²) in [7, 11) is 7.79. The fraction of sp³-hybridized carbons (Fsp3) is 0.267. The standard InChI is InChI=1S/C30H34N6O6/c1-35(2)26(37)17-42-27-24(40-4)15-20(16-25(27)41-5)21(14-18-10-12-19(13-11-18)28(31)32)29-33-30(38)36(34-29)22-8-6-7-9-23(22)39-3/h6-13,15-16,21H,14,17H2,1-5H3,(H3,31,32)(H,33,34,38). The number of nitrogens with zero attached hydrogens (tertiary/aromatic N) is 3. The van der Waals surface area contributed by atoms with Crippen molar-refractivity contribution in [3.05, 3.63) is 93.7 Å². The number of H-pyrrole nitrogens is 1. The zero-order chi connectivity index (χ0) is 30.4. The van der Waals surface area contributed by atoms with Crippen LogP contribution in [0.2, 0.25) is 0 Å². The van der Waals surface area contributed by atoms with Gasteiger partial charge in [-0.1, -0.05) is 36.4 Å². The normalized spacial score (nSPS) is 11.5. The number of carbonyl (C=O) groups excluding carboxylic acids is 1. The molecule has 3 aromatic carbocycles. The Balaban J connectivity index is 1.83. The number of rotatable bonds is 12. The highest BCUT2D eigenvalue weighted by molar-refractivity contribution is 5.94. The van der Waals surface area contributed by atoms with E-state index in [4.69, 9.17) is 30.1 Å². The van der Waals surface area contributed by atoms with Gasteiger partial charge in [0.2, 0.25) is 5.75 Å². The minimum absolute atomic E-state index is 0.0317. The number of hydrogen-bond acceptors (Lipinski definition) is 8. The van der Waals surface area contributed by atoms with Gasteiger partial charge in [0.25, 0.3) is 5.91 Å². The maximum atomic E-state index is 13.2. The minimum atomic E-state index is -0.475. The van der Waals surface area contributed by atoms with Crippen molar-refractivity contribution in [2.75, 3.05) is 42.0 Å². The number of hydrogen-bond donors (Lipinski definition) is 3. The predicted molar refractivity (Wildman–Crippen MR) is 157 cm³/mol. The molecule has 42 heavy (non-hydrogen) atoms. The Morgan fingerprint density at radius 3 is 2.19 bits per heavy atom. The SMILES string of the molecule is COc1ccccc1-n1nc(C(Cc2ccc(C(=N)N)cc2)c2cc(OC)c(OCC(=O)N(C)C)c(OC)c2)[nH]c1=O. The summed E-state index contributed by atoms with van der Waals surface area (Å²) < 4.78 is 23.8. The number of methoxy groups -OCH3 is 3. The van der Waals surface area contributed by atoms with Crippen LogP contribution in [0.5, 0.6) is 23.0 Å². The van der Waals surface area contributed by atoms with Gasteiger partial charge in [-0.05, 0) is 41.8 Å². The number of amidine groups is 1. The third-order valence-electron chi connectivity index (χ3n) is 6.71. The molecule has 0 aliphatic heterocycles. The molecule has 12 heteroatoms. The molecule has 1 amide bonds. The highest BCUT2D eigenvalue weighted by Gasteiger charge is 2.26. The van der Waals surface area contributed by atoms with E-state index in [1.807, 2.05) is 18.2 Å². The van der Waals surface area contributed by atoms with Gasteiger partial charge >= 0.3 is 5.69 Å². The average molecular weight is 575 g/mol. The molecule has 4 aromatic rings. The van der Waals surface area contributed by atoms with E-state index >= 15 is 0 Å². The quantitative estimate of drug-likeness (QED) is 0.172. The van der Waals surface area contributed by atoms with E-state index < -0.39 is 11.6 Å². The van der Waals surface area contributed by atoms with Crippen LogP contribution in [0, 0.1) is 5.41 Å². The van der Waals surface area contributed by atoms with Crippen LogP contribution in [0.25, 0.3) is 5.69 Å². The molecule has 4 N–H and O–H groups in total. The number of para-hydroxylation sites is 2. The minimum Gasteiger partial charge on any atom is -0.494 e. The zero-order valence-electron chi connectivity index (χ0n) is 24.1. The summed E-state index contributed by atoms with van der Waals surface area (Å²) in [5.74, 6) is 1.12. The van der Waals surface area contributed by atoms with E-state index in [0.29, 0.717) is 46.3 Å². The summed E-state index contributed by atoms with van der Waals surface area (Å²) in [4.78, 5) is 29.7. The third kappa shape index (κ3) is 6.38. The van der Waals surface area contributed by atoms with Crippen LogP contribution in [-0.4, -0.2) is 73.4 Å². The smallest absolute Gasteiger partial charge is 0.348 e. The van der Waals surface area contributed by atoms with Crippen LogP contribution < -0.4 is 30.4 Å². The molecule has 220 valence electrons. The summed E-state index contributed by atoms with van der Waals surface area (Å²) in [6.45, 7) is -0.207. The molecule has 0 radical (unpaired) electrons. The summed E-state index contributed by atoms with van der Waals surface area (Å²) >= 11 is 0. The Kier molecular flexibility index (Phi) is 9.15. The second kappa shape index (κ2) is 12.9. The zero-order valence-corrected chi connectivity index (χ0v) is 24.1. The van der Waals surface area contributed by atoms with Crippen LogP contribution in [0.1, 0.15) is 28.4 Å². The van der Waals surface area contributed by atoms with E-state index in [1.165, 1.54) is 30.9 Å². The van der Waals surface area contributed by atoms with Crippen molar-refractivity contribution in [3.63, 3.8) is 0 Å². The number of nitrogens with two attached hydrogens (primary N) is 1. The highest BCUT2D eigenvalue weighted by atomic mass is 16.5. The Hall–Kier alpha value is -5.26. The molecule has 0 bridgehead atoms. The Bertz CT molecular complexity index is 1600. The molecule has 12 nitrogen and oxygen atoms in total. The molecule has 4 rings (SSSR count). The summed E-state index contributed by atoms with van der Waals surface area (Å²) in [5, 5.41) is 12.4. The first-order valence-corrected chi connectivity index (χ1v) is 13.0. The predicted octanol–water partition coefficient (Wildman–Crippen LogP) is 2.71. The van der Waals surface area contributed by atoms with Crippen LogP contribution in [0.4, 0.5) is 0 Å². The fourth-order valence-corrected chi connectivity index (χ4v) is 4.40. The van der Waals surface area contributed by atoms with Crippen molar-refractivity contribution < 1.29 is 23.7 Å². The van der Waals surface area contributed by atoms with E-state index in [1.54, 1.807) is 56.6 Å². The van der Waals surface area contributed by atoms with Crippen molar-refractivity contribution in [1.29, 1.82) is 5.41 Å². The lowest BCUT2D eigenvalue weighted by Crippen LogP contribution is -2.27. The lowest BCUT2D eigenvalue weighted by molar-refractivity contribution is -0.130. The molecule has 0 aliphatic carbocycles. The number of benzene rings is 3. The largest absolute Gasteiger partial charge is 0.494 e.